The molecule has 10 nitrogen and oxygen atoms in total. The summed E-state index contributed by atoms with van der Waals surface area (Å²) in [5.41, 5.74) is 2.01. The van der Waals surface area contributed by atoms with E-state index >= 15 is 0 Å². The minimum absolute atomic E-state index is 0.0761. The van der Waals surface area contributed by atoms with Gasteiger partial charge in [-0.2, -0.15) is 5.10 Å². The van der Waals surface area contributed by atoms with Crippen LogP contribution in [0, 0.1) is 24.0 Å². The lowest BCUT2D eigenvalue weighted by atomic mass is 10.1. The number of benzene rings is 1. The van der Waals surface area contributed by atoms with Crippen LogP contribution in [0.15, 0.2) is 36.4 Å². The minimum Gasteiger partial charge on any atom is -0.352 e. The molecule has 0 radical (unpaired) electrons. The van der Waals surface area contributed by atoms with Crippen molar-refractivity contribution in [3.63, 3.8) is 0 Å². The molecule has 1 aliphatic heterocycles. The average Bonchev–Trinajstić information content (AvgIpc) is 3.11. The highest BCUT2D eigenvalue weighted by Gasteiger charge is 2.25. The van der Waals surface area contributed by atoms with E-state index in [0.717, 1.165) is 17.2 Å². The standard InChI is InChI=1S/C20H20ClN7O3/c1-13-11-14(2)27(24-13)19-6-5-18(22-23-19)25-7-9-26(10-8-25)20(29)16-4-3-15(28(30)31)12-17(16)21/h3-6,11-12H,7-10H2,1-2H3. The van der Waals surface area contributed by atoms with Gasteiger partial charge in [-0.05, 0) is 38.1 Å². The number of hydrogen-bond acceptors (Lipinski definition) is 7. The third kappa shape index (κ3) is 4.19. The van der Waals surface area contributed by atoms with Crippen LogP contribution < -0.4 is 4.90 Å². The molecule has 2 aromatic heterocycles. The summed E-state index contributed by atoms with van der Waals surface area (Å²) in [6.07, 6.45) is 0. The van der Waals surface area contributed by atoms with Gasteiger partial charge in [-0.3, -0.25) is 14.9 Å². The van der Waals surface area contributed by atoms with Crippen LogP contribution >= 0.6 is 11.6 Å². The van der Waals surface area contributed by atoms with Crippen LogP contribution in [0.25, 0.3) is 5.82 Å². The van der Waals surface area contributed by atoms with Gasteiger partial charge in [0.25, 0.3) is 11.6 Å². The number of halogens is 1. The van der Waals surface area contributed by atoms with Crippen LogP contribution in [-0.4, -0.2) is 61.9 Å². The molecule has 0 saturated carbocycles. The van der Waals surface area contributed by atoms with E-state index in [1.807, 2.05) is 32.0 Å². The highest BCUT2D eigenvalue weighted by molar-refractivity contribution is 6.34. The van der Waals surface area contributed by atoms with Gasteiger partial charge in [-0.1, -0.05) is 11.6 Å². The van der Waals surface area contributed by atoms with Gasteiger partial charge in [0, 0.05) is 44.0 Å². The van der Waals surface area contributed by atoms with Crippen LogP contribution in [0.3, 0.4) is 0 Å². The number of carbonyl (C=O) groups excluding carboxylic acids is 1. The molecule has 4 rings (SSSR count). The lowest BCUT2D eigenvalue weighted by molar-refractivity contribution is -0.384. The Balaban J connectivity index is 1.41. The highest BCUT2D eigenvalue weighted by Crippen LogP contribution is 2.24. The molecule has 160 valence electrons. The average molecular weight is 442 g/mol. The Morgan fingerprint density at radius 3 is 2.26 bits per heavy atom. The Bertz CT molecular complexity index is 1140. The van der Waals surface area contributed by atoms with Gasteiger partial charge >= 0.3 is 0 Å². The van der Waals surface area contributed by atoms with E-state index in [4.69, 9.17) is 11.6 Å². The summed E-state index contributed by atoms with van der Waals surface area (Å²) in [5, 5.41) is 24.0. The molecule has 0 unspecified atom stereocenters. The molecule has 3 aromatic rings. The van der Waals surface area contributed by atoms with Gasteiger partial charge in [0.1, 0.15) is 0 Å². The van der Waals surface area contributed by atoms with Crippen molar-refractivity contribution in [3.8, 4) is 5.82 Å². The topological polar surface area (TPSA) is 110 Å². The van der Waals surface area contributed by atoms with E-state index in [9.17, 15) is 14.9 Å². The smallest absolute Gasteiger partial charge is 0.270 e. The van der Waals surface area contributed by atoms with E-state index in [-0.39, 0.29) is 22.2 Å². The van der Waals surface area contributed by atoms with E-state index in [1.165, 1.54) is 18.2 Å². The second-order valence-corrected chi connectivity index (χ2v) is 7.70. The molecule has 0 aliphatic carbocycles. The lowest BCUT2D eigenvalue weighted by Crippen LogP contribution is -2.49. The Morgan fingerprint density at radius 1 is 1.03 bits per heavy atom. The summed E-state index contributed by atoms with van der Waals surface area (Å²) in [5.74, 6) is 1.13. The Morgan fingerprint density at radius 2 is 1.71 bits per heavy atom. The van der Waals surface area contributed by atoms with Gasteiger partial charge in [-0.15, -0.1) is 10.2 Å². The van der Waals surface area contributed by atoms with Crippen molar-refractivity contribution in [2.75, 3.05) is 31.1 Å². The second kappa shape index (κ2) is 8.31. The quantitative estimate of drug-likeness (QED) is 0.452. The molecule has 1 fully saturated rings. The molecule has 1 aromatic carbocycles. The van der Waals surface area contributed by atoms with Crippen LogP contribution in [0.2, 0.25) is 5.02 Å². The number of amides is 1. The molecule has 31 heavy (non-hydrogen) atoms. The van der Waals surface area contributed by atoms with Crippen molar-refractivity contribution < 1.29 is 9.72 Å². The predicted octanol–water partition coefficient (Wildman–Crippen LogP) is 2.80. The number of rotatable bonds is 4. The third-order valence-electron chi connectivity index (χ3n) is 5.15. The van der Waals surface area contributed by atoms with E-state index in [0.29, 0.717) is 32.0 Å². The molecule has 0 N–H and O–H groups in total. The predicted molar refractivity (Wildman–Crippen MR) is 115 cm³/mol. The molecule has 11 heteroatoms. The first-order valence-corrected chi connectivity index (χ1v) is 10.1. The van der Waals surface area contributed by atoms with Gasteiger partial charge in [-0.25, -0.2) is 4.68 Å². The van der Waals surface area contributed by atoms with Crippen molar-refractivity contribution in [2.45, 2.75) is 13.8 Å². The van der Waals surface area contributed by atoms with E-state index in [2.05, 4.69) is 20.2 Å². The molecule has 0 atom stereocenters. The van der Waals surface area contributed by atoms with Crippen molar-refractivity contribution in [1.29, 1.82) is 0 Å². The van der Waals surface area contributed by atoms with Crippen LogP contribution in [0.5, 0.6) is 0 Å². The normalized spacial score (nSPS) is 14.0. The van der Waals surface area contributed by atoms with Gasteiger partial charge < -0.3 is 9.80 Å². The number of aryl methyl sites for hydroxylation is 2. The summed E-state index contributed by atoms with van der Waals surface area (Å²) in [6.45, 7) is 6.02. The fourth-order valence-corrected chi connectivity index (χ4v) is 3.82. The van der Waals surface area contributed by atoms with Crippen molar-refractivity contribution >= 4 is 29.0 Å². The molecule has 1 saturated heterocycles. The minimum atomic E-state index is -0.542. The Labute approximate surface area is 183 Å². The fraction of sp³-hybridized carbons (Fsp3) is 0.300. The van der Waals surface area contributed by atoms with Crippen molar-refractivity contribution in [3.05, 3.63) is 68.5 Å². The fourth-order valence-electron chi connectivity index (χ4n) is 3.56. The molecular formula is C20H20ClN7O3. The monoisotopic (exact) mass is 441 g/mol. The van der Waals surface area contributed by atoms with Crippen molar-refractivity contribution in [1.82, 2.24) is 24.9 Å². The number of anilines is 1. The lowest BCUT2D eigenvalue weighted by Gasteiger charge is -2.35. The first-order chi connectivity index (χ1) is 14.8. The maximum Gasteiger partial charge on any atom is 0.270 e. The zero-order valence-electron chi connectivity index (χ0n) is 17.0. The maximum absolute atomic E-state index is 12.8. The highest BCUT2D eigenvalue weighted by atomic mass is 35.5. The van der Waals surface area contributed by atoms with Crippen molar-refractivity contribution in [2.24, 2.45) is 0 Å². The van der Waals surface area contributed by atoms with Gasteiger partial charge in [0.15, 0.2) is 11.6 Å². The molecule has 0 spiro atoms. The third-order valence-corrected chi connectivity index (χ3v) is 5.46. The van der Waals surface area contributed by atoms with E-state index in [1.54, 1.807) is 9.58 Å². The van der Waals surface area contributed by atoms with Gasteiger partial charge in [0.05, 0.1) is 21.2 Å². The summed E-state index contributed by atoms with van der Waals surface area (Å²) in [6, 6.07) is 9.63. The number of piperazine rings is 1. The number of nitro benzene ring substituents is 1. The number of non-ortho nitro benzene ring substituents is 1. The first kappa shape index (κ1) is 20.7. The Kier molecular flexibility index (Phi) is 5.55. The SMILES string of the molecule is Cc1cc(C)n(-c2ccc(N3CCN(C(=O)c4ccc([N+](=O)[O-])cc4Cl)CC3)nn2)n1. The zero-order valence-corrected chi connectivity index (χ0v) is 17.8. The first-order valence-electron chi connectivity index (χ1n) is 9.69. The maximum atomic E-state index is 12.8. The Hall–Kier alpha value is -3.53. The van der Waals surface area contributed by atoms with Crippen LogP contribution in [0.1, 0.15) is 21.7 Å². The molecule has 3 heterocycles. The summed E-state index contributed by atoms with van der Waals surface area (Å²) in [7, 11) is 0. The van der Waals surface area contributed by atoms with E-state index < -0.39 is 4.92 Å². The molecular weight excluding hydrogens is 422 g/mol. The van der Waals surface area contributed by atoms with Crippen LogP contribution in [-0.2, 0) is 0 Å². The number of aromatic nitrogens is 4. The largest absolute Gasteiger partial charge is 0.352 e. The summed E-state index contributed by atoms with van der Waals surface area (Å²) in [4.78, 5) is 26.8. The zero-order chi connectivity index (χ0) is 22.1. The molecule has 1 amide bonds. The number of nitrogens with zero attached hydrogens (tertiary/aromatic N) is 7. The molecule has 0 bridgehead atoms. The number of carbonyl (C=O) groups is 1. The summed E-state index contributed by atoms with van der Waals surface area (Å²) >= 11 is 6.10. The number of nitro groups is 1. The summed E-state index contributed by atoms with van der Waals surface area (Å²) < 4.78 is 1.75. The van der Waals surface area contributed by atoms with Gasteiger partial charge in [0.2, 0.25) is 0 Å². The number of hydrogen-bond donors (Lipinski definition) is 0. The second-order valence-electron chi connectivity index (χ2n) is 7.29. The van der Waals surface area contributed by atoms with Crippen LogP contribution in [0.4, 0.5) is 11.5 Å². The molecule has 1 aliphatic rings.